The fourth-order valence-corrected chi connectivity index (χ4v) is 2.43. The van der Waals surface area contributed by atoms with E-state index in [0.29, 0.717) is 11.1 Å². The number of hydrogen-bond donors (Lipinski definition) is 2. The minimum absolute atomic E-state index is 0.182. The Kier molecular flexibility index (Phi) is 5.39. The van der Waals surface area contributed by atoms with Crippen LogP contribution in [0.4, 0.5) is 40.3 Å². The third-order valence-corrected chi connectivity index (χ3v) is 3.88. The Bertz CT molecular complexity index is 986. The van der Waals surface area contributed by atoms with Crippen LogP contribution in [0.1, 0.15) is 11.1 Å². The molecular formula is C22H11F4N2+. The van der Waals surface area contributed by atoms with Crippen molar-refractivity contribution < 1.29 is 17.6 Å². The van der Waals surface area contributed by atoms with Crippen LogP contribution in [0.15, 0.2) is 48.5 Å². The number of halogens is 4. The predicted octanol–water partition coefficient (Wildman–Crippen LogP) is 5.65. The summed E-state index contributed by atoms with van der Waals surface area (Å²) in [5.74, 6) is -1.80. The molecule has 0 unspecified atom stereocenters. The summed E-state index contributed by atoms with van der Waals surface area (Å²) in [4.78, 5) is 0. The van der Waals surface area contributed by atoms with Crippen molar-refractivity contribution in [2.24, 2.45) is 0 Å². The summed E-state index contributed by atoms with van der Waals surface area (Å²) in [6.07, 6.45) is 12.2. The van der Waals surface area contributed by atoms with E-state index >= 15 is 0 Å². The van der Waals surface area contributed by atoms with Crippen molar-refractivity contribution in [2.75, 3.05) is 10.6 Å². The van der Waals surface area contributed by atoms with Gasteiger partial charge in [0.05, 0.1) is 0 Å². The van der Waals surface area contributed by atoms with Gasteiger partial charge in [-0.15, -0.1) is 6.42 Å². The van der Waals surface area contributed by atoms with E-state index in [0.717, 1.165) is 0 Å². The molecule has 0 heterocycles. The zero-order valence-electron chi connectivity index (χ0n) is 14.2. The first kappa shape index (κ1) is 19.1. The molecule has 2 N–H and O–H groups in total. The molecule has 2 nitrogen and oxygen atoms in total. The maximum absolute atomic E-state index is 14.4. The van der Waals surface area contributed by atoms with E-state index in [1.54, 1.807) is 0 Å². The topological polar surface area (TPSA) is 24.1 Å². The Morgan fingerprint density at radius 2 is 1.00 bits per heavy atom. The number of terminal acetylenes is 1. The number of benzene rings is 3. The minimum atomic E-state index is -1.58. The molecule has 0 fully saturated rings. The second-order valence-corrected chi connectivity index (χ2v) is 5.68. The van der Waals surface area contributed by atoms with Crippen LogP contribution in [0.3, 0.4) is 0 Å². The average Bonchev–Trinajstić information content (AvgIpc) is 2.73. The molecular weight excluding hydrogens is 368 g/mol. The summed E-state index contributed by atoms with van der Waals surface area (Å²) in [5.41, 5.74) is -0.567. The first-order valence-electron chi connectivity index (χ1n) is 7.94. The summed E-state index contributed by atoms with van der Waals surface area (Å²) in [5, 5.41) is 4.63. The molecule has 0 aliphatic carbocycles. The molecule has 3 aromatic carbocycles. The van der Waals surface area contributed by atoms with E-state index in [-0.39, 0.29) is 11.4 Å². The van der Waals surface area contributed by atoms with E-state index < -0.39 is 34.6 Å². The molecule has 0 aliphatic rings. The van der Waals surface area contributed by atoms with Crippen molar-refractivity contribution in [1.29, 1.82) is 0 Å². The second-order valence-electron chi connectivity index (χ2n) is 5.68. The number of nitrogens with one attached hydrogen (secondary N) is 2. The fourth-order valence-electron chi connectivity index (χ4n) is 2.43. The SMILES string of the molecule is [C+]#Cc1ccc(Nc2c(F)c(F)c(Nc3ccc(C#C)cc3)c(F)c2F)cc1. The van der Waals surface area contributed by atoms with Crippen molar-refractivity contribution in [3.63, 3.8) is 0 Å². The van der Waals surface area contributed by atoms with E-state index in [2.05, 4.69) is 22.5 Å². The van der Waals surface area contributed by atoms with E-state index in [4.69, 9.17) is 12.8 Å². The van der Waals surface area contributed by atoms with Crippen molar-refractivity contribution >= 4 is 22.7 Å². The van der Waals surface area contributed by atoms with Crippen molar-refractivity contribution in [2.45, 2.75) is 0 Å². The van der Waals surface area contributed by atoms with Crippen molar-refractivity contribution in [3.8, 4) is 18.3 Å². The number of rotatable bonds is 4. The Hall–Kier alpha value is -3.68. The summed E-state index contributed by atoms with van der Waals surface area (Å²) in [7, 11) is 0. The third kappa shape index (κ3) is 3.71. The van der Waals surface area contributed by atoms with E-state index in [1.807, 2.05) is 0 Å². The van der Waals surface area contributed by atoms with Crippen LogP contribution in [0.2, 0.25) is 0 Å². The molecule has 0 amide bonds. The predicted molar refractivity (Wildman–Crippen MR) is 99.9 cm³/mol. The van der Waals surface area contributed by atoms with Gasteiger partial charge in [0.25, 0.3) is 0 Å². The van der Waals surface area contributed by atoms with Gasteiger partial charge in [0.1, 0.15) is 0 Å². The number of anilines is 4. The van der Waals surface area contributed by atoms with Crippen LogP contribution in [-0.2, 0) is 0 Å². The molecule has 0 aliphatic heterocycles. The maximum atomic E-state index is 14.4. The third-order valence-electron chi connectivity index (χ3n) is 3.88. The van der Waals surface area contributed by atoms with Gasteiger partial charge < -0.3 is 0 Å². The monoisotopic (exact) mass is 379 g/mol. The first-order valence-corrected chi connectivity index (χ1v) is 7.94. The Morgan fingerprint density at radius 3 is 1.32 bits per heavy atom. The molecule has 3 rings (SSSR count). The van der Waals surface area contributed by atoms with Gasteiger partial charge in [0.15, 0.2) is 0 Å². The van der Waals surface area contributed by atoms with Crippen LogP contribution in [0.5, 0.6) is 0 Å². The van der Waals surface area contributed by atoms with E-state index in [9.17, 15) is 17.6 Å². The molecule has 0 atom stereocenters. The second kappa shape index (κ2) is 7.91. The van der Waals surface area contributed by atoms with Crippen LogP contribution in [0, 0.1) is 48.0 Å². The standard InChI is InChI=1S/C22H11F4N2/c1-3-13-5-9-15(10-6-13)27-21-17(23)19(25)22(20(26)18(21)24)28-16-11-7-14(4-2)8-12-16/h1,5-12,27-28H/q+1. The normalized spacial score (nSPS) is 10.2. The summed E-state index contributed by atoms with van der Waals surface area (Å²) in [6, 6.07) is 11.6. The quantitative estimate of drug-likeness (QED) is 0.265. The molecule has 0 radical (unpaired) electrons. The Labute approximate surface area is 159 Å². The van der Waals surface area contributed by atoms with Gasteiger partial charge in [-0.1, -0.05) is 5.92 Å². The van der Waals surface area contributed by atoms with Crippen LogP contribution >= 0.6 is 0 Å². The first-order chi connectivity index (χ1) is 13.4. The molecule has 136 valence electrons. The molecule has 6 heteroatoms. The van der Waals surface area contributed by atoms with E-state index in [1.165, 1.54) is 48.5 Å². The van der Waals surface area contributed by atoms with Gasteiger partial charge in [-0.3, -0.25) is 0 Å². The summed E-state index contributed by atoms with van der Waals surface area (Å²) in [6.45, 7) is 0. The number of hydrogen-bond acceptors (Lipinski definition) is 2. The van der Waals surface area contributed by atoms with Gasteiger partial charge >= 0.3 is 116 Å². The molecule has 0 bridgehead atoms. The summed E-state index contributed by atoms with van der Waals surface area (Å²) >= 11 is 0. The Balaban J connectivity index is 1.96. The zero-order valence-corrected chi connectivity index (χ0v) is 14.2. The Morgan fingerprint density at radius 1 is 0.643 bits per heavy atom. The fraction of sp³-hybridized carbons (Fsp3) is 0. The average molecular weight is 379 g/mol. The van der Waals surface area contributed by atoms with Gasteiger partial charge in [-0.05, 0) is 24.3 Å². The van der Waals surface area contributed by atoms with Gasteiger partial charge in [0.2, 0.25) is 0 Å². The molecule has 0 saturated carbocycles. The van der Waals surface area contributed by atoms with Crippen molar-refractivity contribution in [3.05, 3.63) is 89.4 Å². The zero-order chi connectivity index (χ0) is 20.3. The molecule has 0 aromatic heterocycles. The molecule has 0 saturated heterocycles. The summed E-state index contributed by atoms with van der Waals surface area (Å²) < 4.78 is 57.6. The van der Waals surface area contributed by atoms with Crippen LogP contribution in [0.25, 0.3) is 0 Å². The molecule has 0 spiro atoms. The molecule has 28 heavy (non-hydrogen) atoms. The van der Waals surface area contributed by atoms with Gasteiger partial charge in [-0.2, -0.15) is 0 Å². The van der Waals surface area contributed by atoms with Crippen molar-refractivity contribution in [1.82, 2.24) is 0 Å². The van der Waals surface area contributed by atoms with Gasteiger partial charge in [0, 0.05) is 5.56 Å². The van der Waals surface area contributed by atoms with Gasteiger partial charge in [-0.25, -0.2) is 0 Å². The molecule has 3 aromatic rings. The van der Waals surface area contributed by atoms with Crippen LogP contribution in [-0.4, -0.2) is 0 Å². The van der Waals surface area contributed by atoms with Crippen LogP contribution < -0.4 is 10.6 Å².